The number of piperidine rings is 1. The van der Waals surface area contributed by atoms with E-state index in [-0.39, 0.29) is 14.9 Å². The van der Waals surface area contributed by atoms with Crippen LogP contribution in [0.4, 0.5) is 4.39 Å². The number of rotatable bonds is 2. The summed E-state index contributed by atoms with van der Waals surface area (Å²) in [5, 5.41) is 0. The molecule has 1 heterocycles. The van der Waals surface area contributed by atoms with E-state index in [1.54, 1.807) is 4.90 Å². The van der Waals surface area contributed by atoms with Gasteiger partial charge in [-0.3, -0.25) is 4.79 Å². The summed E-state index contributed by atoms with van der Waals surface area (Å²) in [6.45, 7) is 3.10. The molecule has 1 aliphatic rings. The van der Waals surface area contributed by atoms with E-state index in [0.29, 0.717) is 19.0 Å². The topological polar surface area (TPSA) is 54.5 Å². The van der Waals surface area contributed by atoms with Crippen LogP contribution < -0.4 is 0 Å². The molecule has 1 amide bonds. The van der Waals surface area contributed by atoms with Crippen LogP contribution in [-0.4, -0.2) is 32.3 Å². The third kappa shape index (κ3) is 3.76. The maximum Gasteiger partial charge on any atom is 0.262 e. The molecule has 0 N–H and O–H groups in total. The zero-order valence-electron chi connectivity index (χ0n) is 11.3. The van der Waals surface area contributed by atoms with Gasteiger partial charge in [0.2, 0.25) is 0 Å². The van der Waals surface area contributed by atoms with Gasteiger partial charge in [-0.2, -0.15) is 0 Å². The SMILES string of the molecule is CC1CCCN(C(=O)c2cc(S(=O)(=O)Cl)c(Br)cc2F)C1. The van der Waals surface area contributed by atoms with Gasteiger partial charge in [0.15, 0.2) is 0 Å². The Hall–Kier alpha value is -0.660. The van der Waals surface area contributed by atoms with E-state index < -0.39 is 20.8 Å². The van der Waals surface area contributed by atoms with Crippen LogP contribution in [0.1, 0.15) is 30.1 Å². The quantitative estimate of drug-likeness (QED) is 0.718. The smallest absolute Gasteiger partial charge is 0.262 e. The molecule has 0 aromatic heterocycles. The highest BCUT2D eigenvalue weighted by Crippen LogP contribution is 2.29. The molecule has 21 heavy (non-hydrogen) atoms. The van der Waals surface area contributed by atoms with Gasteiger partial charge in [0.25, 0.3) is 15.0 Å². The third-order valence-electron chi connectivity index (χ3n) is 3.46. The lowest BCUT2D eigenvalue weighted by atomic mass is 9.99. The van der Waals surface area contributed by atoms with Gasteiger partial charge in [-0.1, -0.05) is 6.92 Å². The lowest BCUT2D eigenvalue weighted by Crippen LogP contribution is -2.39. The molecule has 1 aromatic carbocycles. The maximum atomic E-state index is 14.0. The second kappa shape index (κ2) is 6.22. The Kier molecular flexibility index (Phi) is 4.95. The number of carbonyl (C=O) groups is 1. The molecule has 1 unspecified atom stereocenters. The second-order valence-electron chi connectivity index (χ2n) is 5.20. The standard InChI is InChI=1S/C13H14BrClFNO3S/c1-8-3-2-4-17(7-8)13(18)9-5-12(21(15,19)20)10(14)6-11(9)16/h5-6,8H,2-4,7H2,1H3. The number of benzene rings is 1. The first-order chi connectivity index (χ1) is 9.70. The molecular weight excluding hydrogens is 385 g/mol. The van der Waals surface area contributed by atoms with E-state index in [0.717, 1.165) is 25.0 Å². The van der Waals surface area contributed by atoms with E-state index in [4.69, 9.17) is 10.7 Å². The number of halogens is 3. The van der Waals surface area contributed by atoms with Crippen molar-refractivity contribution in [1.82, 2.24) is 4.90 Å². The minimum atomic E-state index is -4.06. The Morgan fingerprint density at radius 2 is 2.14 bits per heavy atom. The number of likely N-dealkylation sites (tertiary alicyclic amines) is 1. The van der Waals surface area contributed by atoms with E-state index in [2.05, 4.69) is 15.9 Å². The van der Waals surface area contributed by atoms with Crippen molar-refractivity contribution in [3.05, 3.63) is 28.0 Å². The van der Waals surface area contributed by atoms with Crippen molar-refractivity contribution in [3.63, 3.8) is 0 Å². The van der Waals surface area contributed by atoms with Gasteiger partial charge in [0.1, 0.15) is 5.82 Å². The molecule has 0 aliphatic carbocycles. The summed E-state index contributed by atoms with van der Waals surface area (Å²) in [7, 11) is 1.24. The van der Waals surface area contributed by atoms with E-state index >= 15 is 0 Å². The number of nitrogens with zero attached hydrogens (tertiary/aromatic N) is 1. The summed E-state index contributed by atoms with van der Waals surface area (Å²) >= 11 is 2.94. The highest BCUT2D eigenvalue weighted by atomic mass is 79.9. The van der Waals surface area contributed by atoms with Gasteiger partial charge in [0.05, 0.1) is 10.5 Å². The second-order valence-corrected chi connectivity index (χ2v) is 8.59. The lowest BCUT2D eigenvalue weighted by Gasteiger charge is -2.31. The zero-order valence-corrected chi connectivity index (χ0v) is 14.4. The highest BCUT2D eigenvalue weighted by Gasteiger charge is 2.27. The maximum absolute atomic E-state index is 14.0. The molecule has 4 nitrogen and oxygen atoms in total. The fraction of sp³-hybridized carbons (Fsp3) is 0.462. The first-order valence-electron chi connectivity index (χ1n) is 6.43. The fourth-order valence-corrected chi connectivity index (χ4v) is 4.59. The molecule has 0 bridgehead atoms. The van der Waals surface area contributed by atoms with Gasteiger partial charge in [-0.05, 0) is 46.8 Å². The van der Waals surface area contributed by atoms with Crippen LogP contribution in [0.3, 0.4) is 0 Å². The average Bonchev–Trinajstić information content (AvgIpc) is 2.36. The Morgan fingerprint density at radius 3 is 2.71 bits per heavy atom. The Balaban J connectivity index is 2.41. The van der Waals surface area contributed by atoms with Crippen LogP contribution in [0, 0.1) is 11.7 Å². The summed E-state index contributed by atoms with van der Waals surface area (Å²) in [4.78, 5) is 13.6. The molecule has 0 saturated carbocycles. The Bertz CT molecular complexity index is 680. The number of carbonyl (C=O) groups excluding carboxylic acids is 1. The van der Waals surface area contributed by atoms with Crippen molar-refractivity contribution in [2.45, 2.75) is 24.7 Å². The van der Waals surface area contributed by atoms with Crippen LogP contribution >= 0.6 is 26.6 Å². The van der Waals surface area contributed by atoms with Crippen molar-refractivity contribution in [1.29, 1.82) is 0 Å². The van der Waals surface area contributed by atoms with E-state index in [9.17, 15) is 17.6 Å². The first kappa shape index (κ1) is 16.7. The van der Waals surface area contributed by atoms with E-state index in [1.165, 1.54) is 0 Å². The molecule has 0 radical (unpaired) electrons. The van der Waals surface area contributed by atoms with Crippen LogP contribution in [0.25, 0.3) is 0 Å². The van der Waals surface area contributed by atoms with Crippen LogP contribution in [-0.2, 0) is 9.05 Å². The molecular formula is C13H14BrClFNO3S. The average molecular weight is 399 g/mol. The molecule has 1 aliphatic heterocycles. The predicted octanol–water partition coefficient (Wildman–Crippen LogP) is 3.39. The number of amides is 1. The first-order valence-corrected chi connectivity index (χ1v) is 9.53. The monoisotopic (exact) mass is 397 g/mol. The summed E-state index contributed by atoms with van der Waals surface area (Å²) in [5.41, 5.74) is -0.272. The van der Waals surface area contributed by atoms with E-state index in [1.807, 2.05) is 6.92 Å². The molecule has 1 atom stereocenters. The molecule has 8 heteroatoms. The van der Waals surface area contributed by atoms with Crippen molar-refractivity contribution in [3.8, 4) is 0 Å². The molecule has 1 fully saturated rings. The van der Waals surface area contributed by atoms with Gasteiger partial charge < -0.3 is 4.90 Å². The minimum absolute atomic E-state index is 0.00133. The van der Waals surface area contributed by atoms with Crippen molar-refractivity contribution in [2.24, 2.45) is 5.92 Å². The zero-order chi connectivity index (χ0) is 15.8. The summed E-state index contributed by atoms with van der Waals surface area (Å²) in [6, 6.07) is 1.94. The third-order valence-corrected chi connectivity index (χ3v) is 5.74. The van der Waals surface area contributed by atoms with Crippen LogP contribution in [0.2, 0.25) is 0 Å². The van der Waals surface area contributed by atoms with Gasteiger partial charge >= 0.3 is 0 Å². The van der Waals surface area contributed by atoms with Crippen molar-refractivity contribution < 1.29 is 17.6 Å². The minimum Gasteiger partial charge on any atom is -0.338 e. The fourth-order valence-electron chi connectivity index (χ4n) is 2.42. The Labute approximate surface area is 135 Å². The normalized spacial score (nSPS) is 19.6. The summed E-state index contributed by atoms with van der Waals surface area (Å²) in [6.07, 6.45) is 1.87. The molecule has 1 aromatic rings. The van der Waals surface area contributed by atoms with Crippen LogP contribution in [0.15, 0.2) is 21.5 Å². The highest BCUT2D eigenvalue weighted by molar-refractivity contribution is 9.10. The predicted molar refractivity (Wildman–Crippen MR) is 81.4 cm³/mol. The van der Waals surface area contributed by atoms with Gasteiger partial charge in [0, 0.05) is 28.2 Å². The van der Waals surface area contributed by atoms with Gasteiger partial charge in [-0.15, -0.1) is 0 Å². The van der Waals surface area contributed by atoms with Crippen LogP contribution in [0.5, 0.6) is 0 Å². The van der Waals surface area contributed by atoms with Crippen molar-refractivity contribution >= 4 is 41.6 Å². The van der Waals surface area contributed by atoms with Crippen molar-refractivity contribution in [2.75, 3.05) is 13.1 Å². The molecule has 0 spiro atoms. The summed E-state index contributed by atoms with van der Waals surface area (Å²) < 4.78 is 36.9. The number of hydrogen-bond donors (Lipinski definition) is 0. The molecule has 116 valence electrons. The largest absolute Gasteiger partial charge is 0.338 e. The Morgan fingerprint density at radius 1 is 1.48 bits per heavy atom. The summed E-state index contributed by atoms with van der Waals surface area (Å²) in [5.74, 6) is -0.931. The lowest BCUT2D eigenvalue weighted by molar-refractivity contribution is 0.0678. The molecule has 1 saturated heterocycles. The number of hydrogen-bond acceptors (Lipinski definition) is 3. The molecule has 2 rings (SSSR count). The van der Waals surface area contributed by atoms with Gasteiger partial charge in [-0.25, -0.2) is 12.8 Å².